The maximum Gasteiger partial charge on any atom is 0.0717 e. The number of hydrogen-bond acceptors (Lipinski definition) is 2. The van der Waals surface area contributed by atoms with Crippen LogP contribution in [0.1, 0.15) is 0 Å². The maximum absolute atomic E-state index is 5.88. The molecule has 0 aliphatic heterocycles. The zero-order chi connectivity index (χ0) is 13.1. The average molecular weight is 267 g/mol. The van der Waals surface area contributed by atoms with Crippen LogP contribution in [0, 0.1) is 0 Å². The summed E-state index contributed by atoms with van der Waals surface area (Å²) in [6, 6.07) is 15.7. The molecule has 2 heterocycles. The van der Waals surface area contributed by atoms with E-state index in [1.165, 1.54) is 0 Å². The van der Waals surface area contributed by atoms with Gasteiger partial charge in [-0.25, -0.2) is 0 Å². The lowest BCUT2D eigenvalue weighted by Gasteiger charge is -2.04. The summed E-state index contributed by atoms with van der Waals surface area (Å²) < 4.78 is 0. The van der Waals surface area contributed by atoms with Gasteiger partial charge in [-0.15, -0.1) is 0 Å². The molecular weight excluding hydrogens is 256 g/mol. The van der Waals surface area contributed by atoms with Gasteiger partial charge >= 0.3 is 0 Å². The second-order valence-electron chi connectivity index (χ2n) is 4.18. The summed E-state index contributed by atoms with van der Waals surface area (Å²) in [5, 5.41) is 0.740. The zero-order valence-corrected chi connectivity index (χ0v) is 10.9. The molecule has 3 aromatic rings. The molecule has 0 amide bonds. The summed E-state index contributed by atoms with van der Waals surface area (Å²) in [4.78, 5) is 8.57. The highest BCUT2D eigenvalue weighted by molar-refractivity contribution is 6.30. The van der Waals surface area contributed by atoms with Crippen molar-refractivity contribution in [3.63, 3.8) is 0 Å². The Labute approximate surface area is 116 Å². The molecule has 0 radical (unpaired) electrons. The van der Waals surface area contributed by atoms with E-state index >= 15 is 0 Å². The summed E-state index contributed by atoms with van der Waals surface area (Å²) in [6.07, 6.45) is 5.43. The quantitative estimate of drug-likeness (QED) is 0.684. The van der Waals surface area contributed by atoms with E-state index in [1.54, 1.807) is 6.20 Å². The topological polar surface area (TPSA) is 25.8 Å². The minimum atomic E-state index is 0.740. The molecule has 0 saturated carbocycles. The van der Waals surface area contributed by atoms with Gasteiger partial charge < -0.3 is 0 Å². The van der Waals surface area contributed by atoms with E-state index in [0.29, 0.717) is 0 Å². The third-order valence-electron chi connectivity index (χ3n) is 2.90. The number of aromatic nitrogens is 2. The molecule has 2 nitrogen and oxygen atoms in total. The molecule has 0 spiro atoms. The van der Waals surface area contributed by atoms with Crippen molar-refractivity contribution in [3.05, 3.63) is 72.1 Å². The third kappa shape index (κ3) is 2.64. The van der Waals surface area contributed by atoms with Crippen molar-refractivity contribution in [2.75, 3.05) is 0 Å². The van der Waals surface area contributed by atoms with Gasteiger partial charge in [-0.3, -0.25) is 9.97 Å². The fourth-order valence-electron chi connectivity index (χ4n) is 1.89. The molecule has 0 bridgehead atoms. The van der Waals surface area contributed by atoms with Gasteiger partial charge in [0.15, 0.2) is 0 Å². The normalized spacial score (nSPS) is 10.4. The summed E-state index contributed by atoms with van der Waals surface area (Å²) >= 11 is 5.88. The van der Waals surface area contributed by atoms with Crippen LogP contribution in [0.4, 0.5) is 0 Å². The van der Waals surface area contributed by atoms with E-state index in [4.69, 9.17) is 11.6 Å². The molecule has 3 heteroatoms. The van der Waals surface area contributed by atoms with Gasteiger partial charge in [0.05, 0.1) is 5.69 Å². The van der Waals surface area contributed by atoms with Gasteiger partial charge in [-0.1, -0.05) is 29.8 Å². The zero-order valence-electron chi connectivity index (χ0n) is 10.1. The second kappa shape index (κ2) is 5.21. The standard InChI is InChI=1S/C16H11ClN2/c17-15-6-3-12(4-7-15)13-5-8-16(19-11-13)14-2-1-9-18-10-14/h1-11H. The Hall–Kier alpha value is -2.19. The average Bonchev–Trinajstić information content (AvgIpc) is 2.49. The van der Waals surface area contributed by atoms with Gasteiger partial charge in [-0.2, -0.15) is 0 Å². The highest BCUT2D eigenvalue weighted by Gasteiger charge is 2.01. The lowest BCUT2D eigenvalue weighted by atomic mass is 10.1. The van der Waals surface area contributed by atoms with Crippen molar-refractivity contribution in [2.45, 2.75) is 0 Å². The number of pyridine rings is 2. The van der Waals surface area contributed by atoms with Crippen molar-refractivity contribution >= 4 is 11.6 Å². The Morgan fingerprint density at radius 2 is 1.53 bits per heavy atom. The molecular formula is C16H11ClN2. The summed E-state index contributed by atoms with van der Waals surface area (Å²) in [5.41, 5.74) is 4.12. The Bertz CT molecular complexity index is 661. The lowest BCUT2D eigenvalue weighted by molar-refractivity contribution is 1.28. The summed E-state index contributed by atoms with van der Waals surface area (Å²) in [6.45, 7) is 0. The van der Waals surface area contributed by atoms with E-state index < -0.39 is 0 Å². The fraction of sp³-hybridized carbons (Fsp3) is 0. The highest BCUT2D eigenvalue weighted by atomic mass is 35.5. The van der Waals surface area contributed by atoms with Crippen LogP contribution in [0.25, 0.3) is 22.4 Å². The number of rotatable bonds is 2. The van der Waals surface area contributed by atoms with Crippen LogP contribution in [-0.4, -0.2) is 9.97 Å². The fourth-order valence-corrected chi connectivity index (χ4v) is 2.02. The van der Waals surface area contributed by atoms with Gasteiger partial charge in [0, 0.05) is 34.7 Å². The van der Waals surface area contributed by atoms with Crippen LogP contribution in [-0.2, 0) is 0 Å². The van der Waals surface area contributed by atoms with E-state index in [0.717, 1.165) is 27.4 Å². The van der Waals surface area contributed by atoms with E-state index in [2.05, 4.69) is 16.0 Å². The number of nitrogens with zero attached hydrogens (tertiary/aromatic N) is 2. The molecule has 0 aliphatic carbocycles. The van der Waals surface area contributed by atoms with Gasteiger partial charge in [0.1, 0.15) is 0 Å². The number of halogens is 1. The Balaban J connectivity index is 1.93. The first-order chi connectivity index (χ1) is 9.33. The third-order valence-corrected chi connectivity index (χ3v) is 3.15. The smallest absolute Gasteiger partial charge is 0.0717 e. The van der Waals surface area contributed by atoms with Crippen LogP contribution in [0.5, 0.6) is 0 Å². The van der Waals surface area contributed by atoms with Crippen molar-refractivity contribution in [1.29, 1.82) is 0 Å². The van der Waals surface area contributed by atoms with Gasteiger partial charge in [-0.05, 0) is 35.9 Å². The van der Waals surface area contributed by atoms with Crippen molar-refractivity contribution in [3.8, 4) is 22.4 Å². The largest absolute Gasteiger partial charge is 0.264 e. The van der Waals surface area contributed by atoms with Crippen molar-refractivity contribution < 1.29 is 0 Å². The lowest BCUT2D eigenvalue weighted by Crippen LogP contribution is -1.85. The Morgan fingerprint density at radius 1 is 0.737 bits per heavy atom. The number of benzene rings is 1. The first-order valence-corrected chi connectivity index (χ1v) is 6.33. The van der Waals surface area contributed by atoms with Crippen LogP contribution < -0.4 is 0 Å². The SMILES string of the molecule is Clc1ccc(-c2ccc(-c3cccnc3)nc2)cc1. The predicted octanol–water partition coefficient (Wildman–Crippen LogP) is 4.46. The van der Waals surface area contributed by atoms with Crippen LogP contribution in [0.15, 0.2) is 67.1 Å². The Morgan fingerprint density at radius 3 is 2.16 bits per heavy atom. The molecule has 0 saturated heterocycles. The molecule has 0 aliphatic rings. The van der Waals surface area contributed by atoms with Crippen LogP contribution >= 0.6 is 11.6 Å². The first-order valence-electron chi connectivity index (χ1n) is 5.95. The Kier molecular flexibility index (Phi) is 3.25. The van der Waals surface area contributed by atoms with E-state index in [9.17, 15) is 0 Å². The monoisotopic (exact) mass is 266 g/mol. The highest BCUT2D eigenvalue weighted by Crippen LogP contribution is 2.23. The number of hydrogen-bond donors (Lipinski definition) is 0. The van der Waals surface area contributed by atoms with Gasteiger partial charge in [0.2, 0.25) is 0 Å². The molecule has 0 atom stereocenters. The predicted molar refractivity (Wildman–Crippen MR) is 77.9 cm³/mol. The van der Waals surface area contributed by atoms with E-state index in [-0.39, 0.29) is 0 Å². The van der Waals surface area contributed by atoms with Crippen LogP contribution in [0.3, 0.4) is 0 Å². The summed E-state index contributed by atoms with van der Waals surface area (Å²) in [7, 11) is 0. The molecule has 0 unspecified atom stereocenters. The maximum atomic E-state index is 5.88. The van der Waals surface area contributed by atoms with Crippen molar-refractivity contribution in [1.82, 2.24) is 9.97 Å². The van der Waals surface area contributed by atoms with Gasteiger partial charge in [0.25, 0.3) is 0 Å². The molecule has 2 aromatic heterocycles. The molecule has 92 valence electrons. The minimum Gasteiger partial charge on any atom is -0.264 e. The molecule has 0 fully saturated rings. The molecule has 3 rings (SSSR count). The van der Waals surface area contributed by atoms with Crippen LogP contribution in [0.2, 0.25) is 5.02 Å². The summed E-state index contributed by atoms with van der Waals surface area (Å²) in [5.74, 6) is 0. The minimum absolute atomic E-state index is 0.740. The van der Waals surface area contributed by atoms with Crippen molar-refractivity contribution in [2.24, 2.45) is 0 Å². The van der Waals surface area contributed by atoms with E-state index in [1.807, 2.05) is 54.9 Å². The molecule has 0 N–H and O–H groups in total. The molecule has 19 heavy (non-hydrogen) atoms. The molecule has 1 aromatic carbocycles. The first kappa shape index (κ1) is 11.9. The second-order valence-corrected chi connectivity index (χ2v) is 4.62.